The Kier molecular flexibility index (Phi) is 3.48. The molecule has 0 bridgehead atoms. The maximum Gasteiger partial charge on any atom is 0.0541 e. The van der Waals surface area contributed by atoms with Gasteiger partial charge in [0.15, 0.2) is 0 Å². The van der Waals surface area contributed by atoms with Crippen molar-refractivity contribution in [2.24, 2.45) is 11.8 Å². The van der Waals surface area contributed by atoms with E-state index >= 15 is 0 Å². The van der Waals surface area contributed by atoms with Crippen molar-refractivity contribution in [2.45, 2.75) is 17.8 Å². The monoisotopic (exact) mass is 451 g/mol. The molecule has 5 aromatic rings. The Morgan fingerprint density at radius 3 is 2.20 bits per heavy atom. The molecule has 2 unspecified atom stereocenters. The lowest BCUT2D eigenvalue weighted by molar-refractivity contribution is 0.364. The number of aromatic nitrogens is 1. The van der Waals surface area contributed by atoms with Gasteiger partial charge >= 0.3 is 0 Å². The van der Waals surface area contributed by atoms with Crippen LogP contribution in [0.15, 0.2) is 97.1 Å². The van der Waals surface area contributed by atoms with Crippen LogP contribution in [0.1, 0.15) is 40.4 Å². The van der Waals surface area contributed by atoms with E-state index in [1.165, 1.54) is 55.5 Å². The lowest BCUT2D eigenvalue weighted by atomic mass is 9.59. The molecule has 4 N–H and O–H groups in total. The van der Waals surface area contributed by atoms with Gasteiger partial charge in [-0.2, -0.15) is 0 Å². The molecule has 0 saturated carbocycles. The Hall–Kier alpha value is -4.08. The molecule has 0 aliphatic heterocycles. The normalized spacial score (nSPS) is 21.9. The van der Waals surface area contributed by atoms with Crippen LogP contribution in [0.4, 0.5) is 5.69 Å². The Bertz CT molecular complexity index is 1680. The molecule has 168 valence electrons. The highest BCUT2D eigenvalue weighted by Crippen LogP contribution is 2.69. The predicted molar refractivity (Wildman–Crippen MR) is 143 cm³/mol. The minimum Gasteiger partial charge on any atom is -0.355 e. The number of nitrogens with one attached hydrogen (secondary N) is 2. The second kappa shape index (κ2) is 6.32. The molecule has 3 aliphatic carbocycles. The zero-order chi connectivity index (χ0) is 23.4. The number of hydrazine groups is 1. The van der Waals surface area contributed by atoms with Crippen LogP contribution in [0.5, 0.6) is 0 Å². The van der Waals surface area contributed by atoms with Crippen molar-refractivity contribution in [3.05, 3.63) is 131 Å². The maximum absolute atomic E-state index is 5.97. The highest BCUT2D eigenvalue weighted by molar-refractivity contribution is 5.93. The average molecular weight is 452 g/mol. The first-order valence-corrected chi connectivity index (χ1v) is 12.3. The fourth-order valence-electron chi connectivity index (χ4n) is 7.74. The van der Waals surface area contributed by atoms with Gasteiger partial charge in [-0.25, -0.2) is 0 Å². The summed E-state index contributed by atoms with van der Waals surface area (Å²) < 4.78 is 0. The van der Waals surface area contributed by atoms with Crippen molar-refractivity contribution in [3.63, 3.8) is 0 Å². The molecule has 1 spiro atoms. The third-order valence-corrected chi connectivity index (χ3v) is 8.96. The smallest absolute Gasteiger partial charge is 0.0541 e. The molecule has 2 atom stereocenters. The van der Waals surface area contributed by atoms with Crippen LogP contribution >= 0.6 is 0 Å². The molecular weight excluding hydrogens is 426 g/mol. The molecule has 35 heavy (non-hydrogen) atoms. The number of allylic oxidation sites excluding steroid dienone is 1. The number of fused-ring (bicyclic) bond motifs is 14. The summed E-state index contributed by atoms with van der Waals surface area (Å²) in [6.07, 6.45) is 4.78. The minimum absolute atomic E-state index is 0.212. The number of benzene rings is 4. The summed E-state index contributed by atoms with van der Waals surface area (Å²) in [6, 6.07) is 33.4. The molecule has 1 aromatic heterocycles. The van der Waals surface area contributed by atoms with Crippen LogP contribution in [0.25, 0.3) is 28.1 Å². The van der Waals surface area contributed by atoms with Crippen molar-refractivity contribution >= 4 is 22.7 Å². The van der Waals surface area contributed by atoms with Gasteiger partial charge < -0.3 is 10.4 Å². The molecule has 4 aromatic carbocycles. The van der Waals surface area contributed by atoms with Gasteiger partial charge in [0, 0.05) is 33.6 Å². The fraction of sp³-hybridized carbons (Fsp3) is 0.125. The van der Waals surface area contributed by atoms with Gasteiger partial charge in [-0.05, 0) is 63.2 Å². The lowest BCUT2D eigenvalue weighted by Gasteiger charge is -2.42. The second-order valence-electron chi connectivity index (χ2n) is 10.3. The molecule has 1 heterocycles. The molecular formula is C32H25N3. The Balaban J connectivity index is 1.57. The molecule has 3 heteroatoms. The second-order valence-corrected chi connectivity index (χ2v) is 10.3. The Morgan fingerprint density at radius 1 is 0.771 bits per heavy atom. The number of hydrogen-bond donors (Lipinski definition) is 3. The Labute approximate surface area is 204 Å². The van der Waals surface area contributed by atoms with Gasteiger partial charge in [0.1, 0.15) is 0 Å². The van der Waals surface area contributed by atoms with E-state index in [0.717, 1.165) is 5.69 Å². The summed E-state index contributed by atoms with van der Waals surface area (Å²) in [5.74, 6) is 6.18. The first-order valence-electron chi connectivity index (χ1n) is 12.3. The number of H-pyrrole nitrogens is 1. The van der Waals surface area contributed by atoms with E-state index in [9.17, 15) is 0 Å². The van der Waals surface area contributed by atoms with Crippen LogP contribution < -0.4 is 11.3 Å². The van der Waals surface area contributed by atoms with Crippen LogP contribution in [0.3, 0.4) is 0 Å². The van der Waals surface area contributed by atoms with Crippen LogP contribution in [0, 0.1) is 5.92 Å². The molecule has 0 amide bonds. The van der Waals surface area contributed by atoms with Gasteiger partial charge in [0.2, 0.25) is 0 Å². The summed E-state index contributed by atoms with van der Waals surface area (Å²) in [6.45, 7) is 2.45. The first kappa shape index (κ1) is 19.2. The van der Waals surface area contributed by atoms with Crippen LogP contribution in [-0.4, -0.2) is 4.98 Å². The third kappa shape index (κ3) is 2.04. The van der Waals surface area contributed by atoms with E-state index < -0.39 is 0 Å². The zero-order valence-electron chi connectivity index (χ0n) is 19.5. The molecule has 0 radical (unpaired) electrons. The van der Waals surface area contributed by atoms with Gasteiger partial charge in [-0.3, -0.25) is 5.84 Å². The van der Waals surface area contributed by atoms with E-state index in [1.807, 2.05) is 0 Å². The van der Waals surface area contributed by atoms with Crippen molar-refractivity contribution in [1.29, 1.82) is 0 Å². The summed E-state index contributed by atoms with van der Waals surface area (Å²) in [5.41, 5.74) is 15.3. The third-order valence-electron chi connectivity index (χ3n) is 8.96. The lowest BCUT2D eigenvalue weighted by Crippen LogP contribution is -2.41. The number of nitrogens with two attached hydrogens (primary N) is 1. The molecule has 3 nitrogen and oxygen atoms in total. The fourth-order valence-corrected chi connectivity index (χ4v) is 7.74. The van der Waals surface area contributed by atoms with Gasteiger partial charge in [0.25, 0.3) is 0 Å². The van der Waals surface area contributed by atoms with Crippen molar-refractivity contribution in [3.8, 4) is 11.1 Å². The predicted octanol–water partition coefficient (Wildman–Crippen LogP) is 6.73. The quantitative estimate of drug-likeness (QED) is 0.195. The number of anilines is 1. The van der Waals surface area contributed by atoms with E-state index in [2.05, 4.69) is 120 Å². The zero-order valence-corrected chi connectivity index (χ0v) is 19.5. The standard InChI is InChI=1S/C32H25N3/c1-31-25-15-14-19(35-33)18-26(25)32(23-11-5-2-8-20(23)21-9-3-6-12-24(21)32)29(31)17-16-28-30(31)22-10-4-7-13-27(22)34-28/h2-18,29,34-35H,33H2,1H3. The maximum atomic E-state index is 5.97. The van der Waals surface area contributed by atoms with E-state index in [0.29, 0.717) is 0 Å². The van der Waals surface area contributed by atoms with Gasteiger partial charge in [-0.15, -0.1) is 0 Å². The molecule has 8 rings (SSSR count). The summed E-state index contributed by atoms with van der Waals surface area (Å²) in [4.78, 5) is 3.71. The SMILES string of the molecule is CC12c3ccc(NN)cc3C3(c4ccccc4-c4ccccc43)C1C=Cc1[nH]c3ccccc3c12. The van der Waals surface area contributed by atoms with Crippen molar-refractivity contribution in [1.82, 2.24) is 4.98 Å². The summed E-state index contributed by atoms with van der Waals surface area (Å²) in [7, 11) is 0. The molecule has 3 aliphatic rings. The van der Waals surface area contributed by atoms with Gasteiger partial charge in [-0.1, -0.05) is 85.8 Å². The number of nitrogen functional groups attached to an aromatic ring is 1. The van der Waals surface area contributed by atoms with Crippen LogP contribution in [-0.2, 0) is 10.8 Å². The summed E-state index contributed by atoms with van der Waals surface area (Å²) >= 11 is 0. The van der Waals surface area contributed by atoms with E-state index in [1.54, 1.807) is 0 Å². The topological polar surface area (TPSA) is 53.8 Å². The molecule has 0 fully saturated rings. The van der Waals surface area contributed by atoms with E-state index in [-0.39, 0.29) is 16.7 Å². The highest BCUT2D eigenvalue weighted by Gasteiger charge is 2.63. The van der Waals surface area contributed by atoms with Crippen molar-refractivity contribution in [2.75, 3.05) is 5.43 Å². The molecule has 0 saturated heterocycles. The number of hydrogen-bond acceptors (Lipinski definition) is 2. The number of para-hydroxylation sites is 1. The van der Waals surface area contributed by atoms with E-state index in [4.69, 9.17) is 5.84 Å². The number of aromatic amines is 1. The minimum atomic E-state index is -0.295. The van der Waals surface area contributed by atoms with Gasteiger partial charge in [0.05, 0.1) is 5.41 Å². The number of rotatable bonds is 1. The average Bonchev–Trinajstić information content (AvgIpc) is 3.50. The van der Waals surface area contributed by atoms with Crippen molar-refractivity contribution < 1.29 is 0 Å². The highest BCUT2D eigenvalue weighted by atomic mass is 15.2. The summed E-state index contributed by atoms with van der Waals surface area (Å²) in [5, 5.41) is 1.31. The first-order chi connectivity index (χ1) is 17.2. The largest absolute Gasteiger partial charge is 0.355 e. The van der Waals surface area contributed by atoms with Crippen LogP contribution in [0.2, 0.25) is 0 Å². The Morgan fingerprint density at radius 2 is 1.46 bits per heavy atom.